The molecule has 9 atom stereocenters. The van der Waals surface area contributed by atoms with E-state index in [9.17, 15) is 19.2 Å². The molecule has 0 saturated heterocycles. The molecule has 0 aromatic carbocycles. The molecular weight excluding hydrogens is 464 g/mol. The minimum absolute atomic E-state index is 0.00496. The number of ether oxygens (including phenoxy) is 1. The average Bonchev–Trinajstić information content (AvgIpc) is 2.82. The van der Waals surface area contributed by atoms with Crippen molar-refractivity contribution in [1.29, 1.82) is 0 Å². The molecule has 206 valence electrons. The lowest BCUT2D eigenvalue weighted by Gasteiger charge is -2.72. The van der Waals surface area contributed by atoms with Gasteiger partial charge in [-0.3, -0.25) is 14.4 Å². The highest BCUT2D eigenvalue weighted by Gasteiger charge is 2.73. The Morgan fingerprint density at radius 2 is 1.51 bits per heavy atom. The molecule has 0 N–H and O–H groups in total. The zero-order valence-electron chi connectivity index (χ0n) is 24.4. The Kier molecular flexibility index (Phi) is 5.86. The van der Waals surface area contributed by atoms with Crippen LogP contribution in [-0.4, -0.2) is 30.9 Å². The van der Waals surface area contributed by atoms with Crippen LogP contribution in [0.25, 0.3) is 0 Å². The lowest BCUT2D eigenvalue weighted by molar-refractivity contribution is -0.238. The summed E-state index contributed by atoms with van der Waals surface area (Å²) in [6.07, 6.45) is 8.14. The van der Waals surface area contributed by atoms with Gasteiger partial charge < -0.3 is 9.53 Å². The molecule has 5 heteroatoms. The number of aldehydes is 1. The second kappa shape index (κ2) is 8.01. The molecule has 0 amide bonds. The maximum atomic E-state index is 14.5. The van der Waals surface area contributed by atoms with E-state index in [2.05, 4.69) is 34.6 Å². The summed E-state index contributed by atoms with van der Waals surface area (Å²) < 4.78 is 5.43. The van der Waals surface area contributed by atoms with Crippen molar-refractivity contribution < 1.29 is 23.9 Å². The number of carbonyl (C=O) groups excluding carboxylic acids is 4. The second-order valence-electron chi connectivity index (χ2n) is 15.8. The maximum Gasteiger partial charge on any atom is 0.312 e. The SMILES string of the molecule is COC(=O)[C@]12CCC(C)(C)C[C@H]1[C@H]1C(=O)C[C@@H]3[C@@]4(C)CC(C=O)C(=O)C(C)(C)[C@@H]4CC[C@@]3(C)[C@]1(C)CC2. The Bertz CT molecular complexity index is 1040. The van der Waals surface area contributed by atoms with Crippen molar-refractivity contribution in [2.75, 3.05) is 7.11 Å². The predicted molar refractivity (Wildman–Crippen MR) is 141 cm³/mol. The molecular formula is C32H48O5. The van der Waals surface area contributed by atoms with Gasteiger partial charge in [0.25, 0.3) is 0 Å². The van der Waals surface area contributed by atoms with Crippen LogP contribution < -0.4 is 0 Å². The fraction of sp³-hybridized carbons (Fsp3) is 0.875. The molecule has 0 bridgehead atoms. The maximum absolute atomic E-state index is 14.5. The van der Waals surface area contributed by atoms with E-state index in [1.54, 1.807) is 0 Å². The predicted octanol–water partition coefficient (Wildman–Crippen LogP) is 6.21. The van der Waals surface area contributed by atoms with E-state index >= 15 is 0 Å². The molecule has 37 heavy (non-hydrogen) atoms. The van der Waals surface area contributed by atoms with Crippen molar-refractivity contribution in [1.82, 2.24) is 0 Å². The molecule has 5 aliphatic rings. The third-order valence-electron chi connectivity index (χ3n) is 13.5. The van der Waals surface area contributed by atoms with Crippen molar-refractivity contribution >= 4 is 23.8 Å². The highest BCUT2D eigenvalue weighted by atomic mass is 16.5. The van der Waals surface area contributed by atoms with Gasteiger partial charge in [0.2, 0.25) is 0 Å². The summed E-state index contributed by atoms with van der Waals surface area (Å²) in [5.74, 6) is -0.175. The molecule has 5 nitrogen and oxygen atoms in total. The molecule has 1 unspecified atom stereocenters. The smallest absolute Gasteiger partial charge is 0.312 e. The number of rotatable bonds is 2. The number of ketones is 2. The highest BCUT2D eigenvalue weighted by molar-refractivity contribution is 5.98. The van der Waals surface area contributed by atoms with E-state index in [-0.39, 0.29) is 57.1 Å². The zero-order valence-corrected chi connectivity index (χ0v) is 24.4. The van der Waals surface area contributed by atoms with Crippen LogP contribution in [-0.2, 0) is 23.9 Å². The first-order valence-corrected chi connectivity index (χ1v) is 14.6. The number of hydrogen-bond acceptors (Lipinski definition) is 5. The third-order valence-corrected chi connectivity index (χ3v) is 13.5. The summed E-state index contributed by atoms with van der Waals surface area (Å²) in [7, 11) is 1.50. The van der Waals surface area contributed by atoms with Gasteiger partial charge in [-0.25, -0.2) is 0 Å². The van der Waals surface area contributed by atoms with Gasteiger partial charge in [0.15, 0.2) is 0 Å². The van der Waals surface area contributed by atoms with Crippen LogP contribution in [0.1, 0.15) is 106 Å². The molecule has 5 rings (SSSR count). The molecule has 5 aliphatic carbocycles. The van der Waals surface area contributed by atoms with Crippen molar-refractivity contribution in [2.24, 2.45) is 62.1 Å². The van der Waals surface area contributed by atoms with Gasteiger partial charge in [-0.15, -0.1) is 0 Å². The quantitative estimate of drug-likeness (QED) is 0.250. The number of methoxy groups -OCH3 is 1. The first-order chi connectivity index (χ1) is 17.0. The van der Waals surface area contributed by atoms with Crippen LogP contribution in [0.15, 0.2) is 0 Å². The second-order valence-corrected chi connectivity index (χ2v) is 15.8. The topological polar surface area (TPSA) is 77.5 Å². The van der Waals surface area contributed by atoms with E-state index in [1.807, 2.05) is 13.8 Å². The van der Waals surface area contributed by atoms with Gasteiger partial charge in [-0.1, -0.05) is 48.5 Å². The number of fused-ring (bicyclic) bond motifs is 7. The molecule has 0 radical (unpaired) electrons. The Labute approximate surface area is 223 Å². The average molecular weight is 513 g/mol. The summed E-state index contributed by atoms with van der Waals surface area (Å²) in [6.45, 7) is 15.7. The molecule has 0 spiro atoms. The first kappa shape index (κ1) is 27.1. The van der Waals surface area contributed by atoms with E-state index in [4.69, 9.17) is 4.74 Å². The molecule has 0 aromatic heterocycles. The van der Waals surface area contributed by atoms with Crippen molar-refractivity contribution in [3.8, 4) is 0 Å². The van der Waals surface area contributed by atoms with E-state index in [0.29, 0.717) is 18.6 Å². The zero-order chi connectivity index (χ0) is 27.4. The van der Waals surface area contributed by atoms with Crippen LogP contribution in [0.2, 0.25) is 0 Å². The minimum atomic E-state index is -0.586. The Balaban J connectivity index is 1.61. The molecule has 0 heterocycles. The van der Waals surface area contributed by atoms with Crippen molar-refractivity contribution in [3.05, 3.63) is 0 Å². The first-order valence-electron chi connectivity index (χ1n) is 14.6. The normalized spacial score (nSPS) is 50.1. The lowest BCUT2D eigenvalue weighted by atomic mass is 9.31. The molecule has 0 aromatic rings. The monoisotopic (exact) mass is 512 g/mol. The Hall–Kier alpha value is -1.52. The molecule has 5 fully saturated rings. The van der Waals surface area contributed by atoms with Crippen LogP contribution in [0, 0.1) is 62.1 Å². The molecule has 0 aliphatic heterocycles. The number of esters is 1. The number of Topliss-reactive ketones (excluding diaryl/α,β-unsaturated/α-hetero) is 2. The summed E-state index contributed by atoms with van der Waals surface area (Å²) in [6, 6.07) is 0. The van der Waals surface area contributed by atoms with Gasteiger partial charge >= 0.3 is 5.97 Å². The van der Waals surface area contributed by atoms with E-state index in [0.717, 1.165) is 51.2 Å². The highest BCUT2D eigenvalue weighted by Crippen LogP contribution is 2.76. The van der Waals surface area contributed by atoms with E-state index < -0.39 is 16.7 Å². The minimum Gasteiger partial charge on any atom is -0.469 e. The third kappa shape index (κ3) is 3.27. The van der Waals surface area contributed by atoms with Gasteiger partial charge in [0.05, 0.1) is 18.4 Å². The summed E-state index contributed by atoms with van der Waals surface area (Å²) in [5.41, 5.74) is -1.60. The fourth-order valence-electron chi connectivity index (χ4n) is 11.4. The van der Waals surface area contributed by atoms with Crippen LogP contribution in [0.3, 0.4) is 0 Å². The summed E-state index contributed by atoms with van der Waals surface area (Å²) in [4.78, 5) is 53.2. The molecule has 5 saturated carbocycles. The van der Waals surface area contributed by atoms with Crippen LogP contribution >= 0.6 is 0 Å². The van der Waals surface area contributed by atoms with Crippen LogP contribution in [0.4, 0.5) is 0 Å². The largest absolute Gasteiger partial charge is 0.469 e. The summed E-state index contributed by atoms with van der Waals surface area (Å²) >= 11 is 0. The standard InChI is InChI=1S/C32H48O5/c1-27(2)11-13-32(26(36)37-8)14-12-31(7)24(20(32)17-27)21(34)15-23-29(5)16-19(18-33)25(35)28(3,4)22(29)9-10-30(23,31)6/h18-20,22-24H,9-17H2,1-8H3/t19?,20-,22-,23+,24-,29-,30+,31+,32-/m0/s1. The van der Waals surface area contributed by atoms with Crippen LogP contribution in [0.5, 0.6) is 0 Å². The number of carbonyl (C=O) groups is 4. The van der Waals surface area contributed by atoms with E-state index in [1.165, 1.54) is 7.11 Å². The Morgan fingerprint density at radius 1 is 0.865 bits per heavy atom. The number of hydrogen-bond donors (Lipinski definition) is 0. The van der Waals surface area contributed by atoms with Gasteiger partial charge in [-0.05, 0) is 90.8 Å². The lowest BCUT2D eigenvalue weighted by Crippen LogP contribution is -2.70. The fourth-order valence-corrected chi connectivity index (χ4v) is 11.4. The van der Waals surface area contributed by atoms with Gasteiger partial charge in [0.1, 0.15) is 17.9 Å². The Morgan fingerprint density at radius 3 is 2.14 bits per heavy atom. The van der Waals surface area contributed by atoms with Crippen molar-refractivity contribution in [2.45, 2.75) is 106 Å². The van der Waals surface area contributed by atoms with Crippen molar-refractivity contribution in [3.63, 3.8) is 0 Å². The van der Waals surface area contributed by atoms with Gasteiger partial charge in [0, 0.05) is 17.8 Å². The van der Waals surface area contributed by atoms with Gasteiger partial charge in [-0.2, -0.15) is 0 Å². The summed E-state index contributed by atoms with van der Waals surface area (Å²) in [5, 5.41) is 0.